The number of piperazine rings is 1. The van der Waals surface area contributed by atoms with Gasteiger partial charge in [0.25, 0.3) is 5.91 Å². The van der Waals surface area contributed by atoms with Crippen LogP contribution in [0.4, 0.5) is 5.82 Å². The van der Waals surface area contributed by atoms with Gasteiger partial charge in [0, 0.05) is 63.1 Å². The number of carbonyl (C=O) groups excluding carboxylic acids is 1. The lowest BCUT2D eigenvalue weighted by molar-refractivity contribution is -0.141. The van der Waals surface area contributed by atoms with Crippen LogP contribution in [0.1, 0.15) is 11.8 Å². The number of amides is 1. The summed E-state index contributed by atoms with van der Waals surface area (Å²) in [7, 11) is 1.53. The number of aromatic nitrogens is 4. The molecule has 2 saturated heterocycles. The molecule has 11 nitrogen and oxygen atoms in total. The van der Waals surface area contributed by atoms with Gasteiger partial charge in [-0.25, -0.2) is 19.9 Å². The number of rotatable bonds is 6. The van der Waals surface area contributed by atoms with Crippen molar-refractivity contribution in [2.24, 2.45) is 0 Å². The van der Waals surface area contributed by atoms with Crippen LogP contribution in [-0.2, 0) is 16.1 Å². The van der Waals surface area contributed by atoms with Crippen LogP contribution >= 0.6 is 11.3 Å². The SMILES string of the molecule is COc1ncc(-c2nc(N3CCOCC3)c3sc(CN4CCN(C(=O)C(C)O)CC4)cc3n2)cn1. The normalized spacial score (nSPS) is 18.1. The number of aliphatic hydroxyl groups excluding tert-OH is 1. The molecule has 0 saturated carbocycles. The molecule has 5 heterocycles. The van der Waals surface area contributed by atoms with E-state index in [-0.39, 0.29) is 5.91 Å². The van der Waals surface area contributed by atoms with Crippen molar-refractivity contribution in [1.82, 2.24) is 29.7 Å². The predicted molar refractivity (Wildman–Crippen MR) is 132 cm³/mol. The Labute approximate surface area is 207 Å². The molecule has 0 aliphatic carbocycles. The molecule has 0 aromatic carbocycles. The number of ether oxygens (including phenoxy) is 2. The van der Waals surface area contributed by atoms with E-state index in [0.29, 0.717) is 38.1 Å². The maximum absolute atomic E-state index is 12.1. The van der Waals surface area contributed by atoms with Crippen LogP contribution < -0.4 is 9.64 Å². The van der Waals surface area contributed by atoms with Gasteiger partial charge in [0.2, 0.25) is 0 Å². The number of carbonyl (C=O) groups is 1. The van der Waals surface area contributed by atoms with E-state index < -0.39 is 6.10 Å². The first-order valence-corrected chi connectivity index (χ1v) is 12.5. The third kappa shape index (κ3) is 5.20. The van der Waals surface area contributed by atoms with E-state index in [0.717, 1.165) is 54.3 Å². The number of thiophene rings is 1. The van der Waals surface area contributed by atoms with Crippen LogP contribution in [0, 0.1) is 0 Å². The minimum Gasteiger partial charge on any atom is -0.467 e. The van der Waals surface area contributed by atoms with Crippen LogP contribution in [-0.4, -0.2) is 106 Å². The quantitative estimate of drug-likeness (QED) is 0.527. The number of nitrogens with zero attached hydrogens (tertiary/aromatic N) is 7. The predicted octanol–water partition coefficient (Wildman–Crippen LogP) is 1.02. The number of fused-ring (bicyclic) bond motifs is 1. The maximum Gasteiger partial charge on any atom is 0.316 e. The monoisotopic (exact) mass is 499 g/mol. The molecule has 1 unspecified atom stereocenters. The molecule has 3 aromatic rings. The standard InChI is InChI=1S/C23H29N7O4S/c1-15(31)22(32)30-5-3-28(4-6-30)14-17-11-18-19(35-17)21(29-7-9-34-10-8-29)27-20(26-18)16-12-24-23(33-2)25-13-16/h11-13,15,31H,3-10,14H2,1-2H3. The molecule has 2 aliphatic rings. The van der Waals surface area contributed by atoms with Gasteiger partial charge in [0.05, 0.1) is 36.1 Å². The Balaban J connectivity index is 1.41. The molecule has 0 bridgehead atoms. The lowest BCUT2D eigenvalue weighted by Crippen LogP contribution is -2.50. The van der Waals surface area contributed by atoms with Crippen molar-refractivity contribution in [3.63, 3.8) is 0 Å². The summed E-state index contributed by atoms with van der Waals surface area (Å²) in [5.41, 5.74) is 1.63. The summed E-state index contributed by atoms with van der Waals surface area (Å²) >= 11 is 1.71. The van der Waals surface area contributed by atoms with Crippen molar-refractivity contribution >= 4 is 33.3 Å². The van der Waals surface area contributed by atoms with Crippen LogP contribution in [0.5, 0.6) is 6.01 Å². The summed E-state index contributed by atoms with van der Waals surface area (Å²) in [6.45, 7) is 7.96. The topological polar surface area (TPSA) is 117 Å². The molecule has 5 rings (SSSR count). The number of methoxy groups -OCH3 is 1. The highest BCUT2D eigenvalue weighted by atomic mass is 32.1. The Kier molecular flexibility index (Phi) is 7.04. The van der Waals surface area contributed by atoms with Crippen molar-refractivity contribution in [2.45, 2.75) is 19.6 Å². The number of hydrogen-bond acceptors (Lipinski definition) is 11. The first kappa shape index (κ1) is 23.8. The van der Waals surface area contributed by atoms with E-state index in [2.05, 4.69) is 25.8 Å². The summed E-state index contributed by atoms with van der Waals surface area (Å²) < 4.78 is 11.7. The van der Waals surface area contributed by atoms with Gasteiger partial charge in [-0.3, -0.25) is 9.69 Å². The highest BCUT2D eigenvalue weighted by molar-refractivity contribution is 7.19. The van der Waals surface area contributed by atoms with E-state index in [1.807, 2.05) is 0 Å². The van der Waals surface area contributed by atoms with E-state index in [9.17, 15) is 9.90 Å². The molecule has 1 amide bonds. The fourth-order valence-corrected chi connectivity index (χ4v) is 5.46. The summed E-state index contributed by atoms with van der Waals surface area (Å²) in [5, 5.41) is 9.58. The zero-order chi connectivity index (χ0) is 24.4. The zero-order valence-electron chi connectivity index (χ0n) is 19.9. The number of aliphatic hydroxyl groups is 1. The fraction of sp³-hybridized carbons (Fsp3) is 0.522. The van der Waals surface area contributed by atoms with Gasteiger partial charge >= 0.3 is 6.01 Å². The van der Waals surface area contributed by atoms with E-state index in [1.54, 1.807) is 28.6 Å². The highest BCUT2D eigenvalue weighted by Gasteiger charge is 2.25. The molecule has 1 N–H and O–H groups in total. The third-order valence-electron chi connectivity index (χ3n) is 6.21. The molecule has 12 heteroatoms. The fourth-order valence-electron chi connectivity index (χ4n) is 4.31. The molecular formula is C23H29N7O4S. The second-order valence-electron chi connectivity index (χ2n) is 8.63. The second-order valence-corrected chi connectivity index (χ2v) is 9.77. The Hall–Kier alpha value is -2.93. The van der Waals surface area contributed by atoms with Crippen LogP contribution in [0.2, 0.25) is 0 Å². The smallest absolute Gasteiger partial charge is 0.316 e. The summed E-state index contributed by atoms with van der Waals surface area (Å²) in [5.74, 6) is 1.29. The van der Waals surface area contributed by atoms with E-state index in [1.165, 1.54) is 18.9 Å². The van der Waals surface area contributed by atoms with Crippen LogP contribution in [0.15, 0.2) is 18.5 Å². The van der Waals surface area contributed by atoms with Crippen molar-refractivity contribution in [1.29, 1.82) is 0 Å². The molecule has 35 heavy (non-hydrogen) atoms. The lowest BCUT2D eigenvalue weighted by atomic mass is 10.2. The first-order valence-electron chi connectivity index (χ1n) is 11.7. The largest absolute Gasteiger partial charge is 0.467 e. The Morgan fingerprint density at radius 3 is 2.51 bits per heavy atom. The van der Waals surface area contributed by atoms with Crippen molar-refractivity contribution in [3.05, 3.63) is 23.3 Å². The number of morpholine rings is 1. The highest BCUT2D eigenvalue weighted by Crippen LogP contribution is 2.35. The van der Waals surface area contributed by atoms with Crippen molar-refractivity contribution in [2.75, 3.05) is 64.5 Å². The molecule has 3 aromatic heterocycles. The molecule has 2 fully saturated rings. The first-order chi connectivity index (χ1) is 17.0. The van der Waals surface area contributed by atoms with E-state index in [4.69, 9.17) is 19.4 Å². The summed E-state index contributed by atoms with van der Waals surface area (Å²) in [6.07, 6.45) is 2.40. The van der Waals surface area contributed by atoms with Gasteiger partial charge in [-0.15, -0.1) is 11.3 Å². The Morgan fingerprint density at radius 2 is 1.86 bits per heavy atom. The molecule has 2 aliphatic heterocycles. The minimum absolute atomic E-state index is 0.202. The van der Waals surface area contributed by atoms with Crippen molar-refractivity contribution in [3.8, 4) is 17.4 Å². The zero-order valence-corrected chi connectivity index (χ0v) is 20.7. The minimum atomic E-state index is -0.952. The molecule has 1 atom stereocenters. The average molecular weight is 500 g/mol. The number of anilines is 1. The van der Waals surface area contributed by atoms with Gasteiger partial charge < -0.3 is 24.4 Å². The molecule has 0 spiro atoms. The van der Waals surface area contributed by atoms with Gasteiger partial charge in [-0.05, 0) is 13.0 Å². The van der Waals surface area contributed by atoms with Crippen LogP contribution in [0.25, 0.3) is 21.6 Å². The van der Waals surface area contributed by atoms with Gasteiger partial charge in [0.15, 0.2) is 11.6 Å². The van der Waals surface area contributed by atoms with Gasteiger partial charge in [-0.1, -0.05) is 0 Å². The van der Waals surface area contributed by atoms with Gasteiger partial charge in [-0.2, -0.15) is 0 Å². The average Bonchev–Trinajstić information content (AvgIpc) is 3.31. The van der Waals surface area contributed by atoms with Crippen molar-refractivity contribution < 1.29 is 19.4 Å². The third-order valence-corrected chi connectivity index (χ3v) is 7.31. The molecular weight excluding hydrogens is 470 g/mol. The van der Waals surface area contributed by atoms with Gasteiger partial charge in [0.1, 0.15) is 6.10 Å². The van der Waals surface area contributed by atoms with E-state index >= 15 is 0 Å². The Bertz CT molecular complexity index is 1170. The lowest BCUT2D eigenvalue weighted by Gasteiger charge is -2.35. The second kappa shape index (κ2) is 10.4. The molecule has 186 valence electrons. The van der Waals surface area contributed by atoms with Crippen LogP contribution in [0.3, 0.4) is 0 Å². The molecule has 0 radical (unpaired) electrons. The summed E-state index contributed by atoms with van der Waals surface area (Å²) in [6, 6.07) is 2.43. The Morgan fingerprint density at radius 1 is 1.14 bits per heavy atom. The summed E-state index contributed by atoms with van der Waals surface area (Å²) in [4.78, 5) is 37.8. The maximum atomic E-state index is 12.1. The number of hydrogen-bond donors (Lipinski definition) is 1.